The number of likely N-dealkylation sites (tertiary alicyclic amines) is 1. The number of amides is 1. The summed E-state index contributed by atoms with van der Waals surface area (Å²) in [6.45, 7) is 1.94. The van der Waals surface area contributed by atoms with Crippen molar-refractivity contribution < 1.29 is 14.1 Å². The molecule has 1 saturated heterocycles. The van der Waals surface area contributed by atoms with Crippen molar-refractivity contribution in [1.29, 1.82) is 0 Å². The van der Waals surface area contributed by atoms with E-state index in [0.29, 0.717) is 22.4 Å². The van der Waals surface area contributed by atoms with Gasteiger partial charge in [-0.05, 0) is 43.0 Å². The maximum absolute atomic E-state index is 12.6. The van der Waals surface area contributed by atoms with Crippen molar-refractivity contribution in [1.82, 2.24) is 14.6 Å². The van der Waals surface area contributed by atoms with Crippen LogP contribution in [-0.2, 0) is 13.7 Å². The van der Waals surface area contributed by atoms with Crippen molar-refractivity contribution in [2.45, 2.75) is 25.9 Å². The van der Waals surface area contributed by atoms with Crippen molar-refractivity contribution in [3.63, 3.8) is 0 Å². The average molecular weight is 393 g/mol. The van der Waals surface area contributed by atoms with Crippen molar-refractivity contribution in [2.75, 3.05) is 13.1 Å². The summed E-state index contributed by atoms with van der Waals surface area (Å²) >= 11 is 0. The molecule has 1 aliphatic heterocycles. The van der Waals surface area contributed by atoms with Gasteiger partial charge in [-0.15, -0.1) is 0 Å². The summed E-state index contributed by atoms with van der Waals surface area (Å²) in [6.07, 6.45) is 7.91. The predicted molar refractivity (Wildman–Crippen MR) is 108 cm³/mol. The zero-order chi connectivity index (χ0) is 20.2. The molecule has 3 aromatic rings. The predicted octanol–water partition coefficient (Wildman–Crippen LogP) is 3.25. The molecular weight excluding hydrogens is 370 g/mol. The van der Waals surface area contributed by atoms with Gasteiger partial charge in [0, 0.05) is 31.9 Å². The van der Waals surface area contributed by atoms with E-state index < -0.39 is 0 Å². The number of ether oxygens (including phenoxy) is 1. The molecule has 1 aromatic carbocycles. The number of aryl methyl sites for hydroxylation is 1. The molecule has 29 heavy (non-hydrogen) atoms. The van der Waals surface area contributed by atoms with Crippen LogP contribution in [0.25, 0.3) is 11.1 Å². The summed E-state index contributed by atoms with van der Waals surface area (Å²) in [4.78, 5) is 27.0. The molecule has 1 amide bonds. The molecule has 0 saturated carbocycles. The number of nitrogens with zero attached hydrogens (tertiary/aromatic N) is 3. The number of pyridine rings is 1. The largest absolute Gasteiger partial charge is 0.488 e. The van der Waals surface area contributed by atoms with E-state index in [1.165, 1.54) is 23.4 Å². The topological polar surface area (TPSA) is 77.6 Å². The SMILES string of the molecule is Cn1ccc(OCc2ccc(C(=O)N3CCCCC3)cc2)c(-c2cnoc2)c1=O. The maximum atomic E-state index is 12.6. The van der Waals surface area contributed by atoms with Crippen LogP contribution >= 0.6 is 0 Å². The van der Waals surface area contributed by atoms with Gasteiger partial charge in [-0.3, -0.25) is 9.59 Å². The van der Waals surface area contributed by atoms with Gasteiger partial charge in [-0.25, -0.2) is 0 Å². The number of benzene rings is 1. The summed E-state index contributed by atoms with van der Waals surface area (Å²) < 4.78 is 12.3. The second-order valence-corrected chi connectivity index (χ2v) is 7.22. The third-order valence-corrected chi connectivity index (χ3v) is 5.19. The van der Waals surface area contributed by atoms with Gasteiger partial charge in [0.2, 0.25) is 0 Å². The average Bonchev–Trinajstić information content (AvgIpc) is 3.29. The van der Waals surface area contributed by atoms with E-state index in [1.54, 1.807) is 19.3 Å². The lowest BCUT2D eigenvalue weighted by atomic mass is 10.1. The van der Waals surface area contributed by atoms with Gasteiger partial charge in [-0.1, -0.05) is 17.3 Å². The van der Waals surface area contributed by atoms with Gasteiger partial charge in [0.1, 0.15) is 18.6 Å². The first kappa shape index (κ1) is 19.0. The zero-order valence-corrected chi connectivity index (χ0v) is 16.3. The highest BCUT2D eigenvalue weighted by Gasteiger charge is 2.18. The normalized spacial score (nSPS) is 14.0. The molecule has 150 valence electrons. The van der Waals surface area contributed by atoms with Gasteiger partial charge in [0.15, 0.2) is 0 Å². The van der Waals surface area contributed by atoms with Gasteiger partial charge in [-0.2, -0.15) is 0 Å². The minimum atomic E-state index is -0.187. The van der Waals surface area contributed by atoms with Crippen LogP contribution in [0.3, 0.4) is 0 Å². The van der Waals surface area contributed by atoms with Crippen LogP contribution in [0.15, 0.2) is 58.3 Å². The van der Waals surface area contributed by atoms with Crippen molar-refractivity contribution in [3.05, 3.63) is 70.5 Å². The fourth-order valence-electron chi connectivity index (χ4n) is 3.51. The lowest BCUT2D eigenvalue weighted by Gasteiger charge is -2.26. The van der Waals surface area contributed by atoms with E-state index in [4.69, 9.17) is 9.26 Å². The van der Waals surface area contributed by atoms with Crippen LogP contribution in [-0.4, -0.2) is 33.6 Å². The molecule has 7 nitrogen and oxygen atoms in total. The van der Waals surface area contributed by atoms with Crippen LogP contribution in [0.5, 0.6) is 5.75 Å². The third kappa shape index (κ3) is 4.08. The molecule has 7 heteroatoms. The summed E-state index contributed by atoms with van der Waals surface area (Å²) in [5.74, 6) is 0.545. The molecular formula is C22H23N3O4. The Kier molecular flexibility index (Phi) is 5.46. The Labute approximate surface area is 168 Å². The van der Waals surface area contributed by atoms with Crippen LogP contribution in [0.4, 0.5) is 0 Å². The summed E-state index contributed by atoms with van der Waals surface area (Å²) in [5.41, 5.74) is 2.40. The van der Waals surface area contributed by atoms with Crippen LogP contribution < -0.4 is 10.3 Å². The number of piperidine rings is 1. The molecule has 1 aliphatic rings. The number of carbonyl (C=O) groups excluding carboxylic acids is 1. The Hall–Kier alpha value is -3.35. The second kappa shape index (κ2) is 8.34. The Morgan fingerprint density at radius 2 is 1.90 bits per heavy atom. The van der Waals surface area contributed by atoms with E-state index >= 15 is 0 Å². The number of rotatable bonds is 5. The second-order valence-electron chi connectivity index (χ2n) is 7.22. The molecule has 0 bridgehead atoms. The van der Waals surface area contributed by atoms with E-state index in [2.05, 4.69) is 5.16 Å². The van der Waals surface area contributed by atoms with Crippen molar-refractivity contribution >= 4 is 5.91 Å². The zero-order valence-electron chi connectivity index (χ0n) is 16.3. The van der Waals surface area contributed by atoms with Crippen molar-refractivity contribution in [3.8, 4) is 16.9 Å². The number of aromatic nitrogens is 2. The quantitative estimate of drug-likeness (QED) is 0.665. The van der Waals surface area contributed by atoms with Crippen LogP contribution in [0.1, 0.15) is 35.2 Å². The summed E-state index contributed by atoms with van der Waals surface area (Å²) in [5, 5.41) is 3.68. The molecule has 3 heterocycles. The monoisotopic (exact) mass is 393 g/mol. The van der Waals surface area contributed by atoms with Gasteiger partial charge in [0.05, 0.1) is 17.3 Å². The van der Waals surface area contributed by atoms with E-state index in [0.717, 1.165) is 31.5 Å². The number of hydrogen-bond donors (Lipinski definition) is 0. The summed E-state index contributed by atoms with van der Waals surface area (Å²) in [7, 11) is 1.68. The highest BCUT2D eigenvalue weighted by atomic mass is 16.5. The van der Waals surface area contributed by atoms with Gasteiger partial charge < -0.3 is 18.7 Å². The maximum Gasteiger partial charge on any atom is 0.262 e. The Bertz CT molecular complexity index is 1030. The van der Waals surface area contributed by atoms with Gasteiger partial charge in [0.25, 0.3) is 11.5 Å². The Balaban J connectivity index is 1.48. The molecule has 0 unspecified atom stereocenters. The highest BCUT2D eigenvalue weighted by Crippen LogP contribution is 2.26. The fraction of sp³-hybridized carbons (Fsp3) is 0.318. The Morgan fingerprint density at radius 3 is 2.59 bits per heavy atom. The van der Waals surface area contributed by atoms with Crippen LogP contribution in [0.2, 0.25) is 0 Å². The smallest absolute Gasteiger partial charge is 0.262 e. The number of carbonyl (C=O) groups is 1. The lowest BCUT2D eigenvalue weighted by Crippen LogP contribution is -2.35. The van der Waals surface area contributed by atoms with E-state index in [-0.39, 0.29) is 18.1 Å². The van der Waals surface area contributed by atoms with E-state index in [9.17, 15) is 9.59 Å². The van der Waals surface area contributed by atoms with Crippen LogP contribution in [0, 0.1) is 0 Å². The van der Waals surface area contributed by atoms with Crippen molar-refractivity contribution in [2.24, 2.45) is 7.05 Å². The Morgan fingerprint density at radius 1 is 1.14 bits per heavy atom. The minimum absolute atomic E-state index is 0.0819. The fourth-order valence-corrected chi connectivity index (χ4v) is 3.51. The molecule has 0 aliphatic carbocycles. The molecule has 0 radical (unpaired) electrons. The molecule has 2 aromatic heterocycles. The first-order valence-corrected chi connectivity index (χ1v) is 9.74. The molecule has 0 N–H and O–H groups in total. The molecule has 0 spiro atoms. The highest BCUT2D eigenvalue weighted by molar-refractivity contribution is 5.94. The minimum Gasteiger partial charge on any atom is -0.488 e. The molecule has 4 rings (SSSR count). The first-order chi connectivity index (χ1) is 14.1. The lowest BCUT2D eigenvalue weighted by molar-refractivity contribution is 0.0724. The molecule has 1 fully saturated rings. The standard InChI is InChI=1S/C22H23N3O4/c1-24-12-9-19(20(22(24)27)18-13-23-29-15-18)28-14-16-5-7-17(8-6-16)21(26)25-10-3-2-4-11-25/h5-9,12-13,15H,2-4,10-11,14H2,1H3. The number of hydrogen-bond acceptors (Lipinski definition) is 5. The van der Waals surface area contributed by atoms with E-state index in [1.807, 2.05) is 29.2 Å². The first-order valence-electron chi connectivity index (χ1n) is 9.74. The van der Waals surface area contributed by atoms with Gasteiger partial charge >= 0.3 is 0 Å². The third-order valence-electron chi connectivity index (χ3n) is 5.19. The summed E-state index contributed by atoms with van der Waals surface area (Å²) in [6, 6.07) is 9.19. The molecule has 0 atom stereocenters.